The van der Waals surface area contributed by atoms with Gasteiger partial charge in [-0.15, -0.1) is 13.2 Å². The Bertz CT molecular complexity index is 636. The van der Waals surface area contributed by atoms with Crippen molar-refractivity contribution in [3.05, 3.63) is 96.1 Å². The third-order valence-electron chi connectivity index (χ3n) is 3.47. The number of carbonyl (C=O) groups is 1. The van der Waals surface area contributed by atoms with Crippen LogP contribution < -0.4 is 0 Å². The lowest BCUT2D eigenvalue weighted by molar-refractivity contribution is 0.0697. The summed E-state index contributed by atoms with van der Waals surface area (Å²) < 4.78 is 0. The van der Waals surface area contributed by atoms with Crippen molar-refractivity contribution in [2.45, 2.75) is 12.3 Å². The van der Waals surface area contributed by atoms with Gasteiger partial charge in [0.05, 0.1) is 5.56 Å². The van der Waals surface area contributed by atoms with E-state index in [-0.39, 0.29) is 5.92 Å². The smallest absolute Gasteiger partial charge is 0.335 e. The Morgan fingerprint density at radius 3 is 1.95 bits per heavy atom. The van der Waals surface area contributed by atoms with Crippen LogP contribution in [0.3, 0.4) is 0 Å². The zero-order valence-electron chi connectivity index (χ0n) is 11.8. The minimum Gasteiger partial charge on any atom is -0.478 e. The Kier molecular flexibility index (Phi) is 4.72. The maximum Gasteiger partial charge on any atom is 0.335 e. The first kappa shape index (κ1) is 14.8. The normalized spacial score (nSPS) is 11.6. The van der Waals surface area contributed by atoms with Gasteiger partial charge in [-0.3, -0.25) is 0 Å². The molecule has 0 aliphatic heterocycles. The van der Waals surface area contributed by atoms with Crippen molar-refractivity contribution in [2.75, 3.05) is 0 Å². The van der Waals surface area contributed by atoms with Gasteiger partial charge in [0, 0.05) is 5.92 Å². The van der Waals surface area contributed by atoms with E-state index in [1.807, 2.05) is 24.3 Å². The van der Waals surface area contributed by atoms with Crippen molar-refractivity contribution in [1.82, 2.24) is 0 Å². The van der Waals surface area contributed by atoms with Crippen molar-refractivity contribution in [2.24, 2.45) is 0 Å². The Morgan fingerprint density at radius 1 is 1.00 bits per heavy atom. The highest BCUT2D eigenvalue weighted by Gasteiger charge is 2.11. The zero-order valence-corrected chi connectivity index (χ0v) is 11.8. The SMILES string of the molecule is C=CCc1ccc(C(C=C)c2ccc(C(=O)O)cc2)cc1. The maximum atomic E-state index is 10.9. The standard InChI is InChI=1S/C19H18O2/c1-3-5-14-6-8-15(9-7-14)18(4-2)16-10-12-17(13-11-16)19(20)21/h3-4,6-13,18H,1-2,5H2,(H,20,21). The molecule has 0 heterocycles. The number of carboxylic acid groups (broad SMARTS) is 1. The molecule has 0 aromatic heterocycles. The van der Waals surface area contributed by atoms with E-state index in [1.165, 1.54) is 5.56 Å². The van der Waals surface area contributed by atoms with E-state index in [0.29, 0.717) is 5.56 Å². The summed E-state index contributed by atoms with van der Waals surface area (Å²) >= 11 is 0. The highest BCUT2D eigenvalue weighted by atomic mass is 16.4. The van der Waals surface area contributed by atoms with Crippen molar-refractivity contribution < 1.29 is 9.90 Å². The molecule has 0 aliphatic carbocycles. The van der Waals surface area contributed by atoms with E-state index < -0.39 is 5.97 Å². The van der Waals surface area contributed by atoms with Gasteiger partial charge in [0.2, 0.25) is 0 Å². The molecule has 1 unspecified atom stereocenters. The summed E-state index contributed by atoms with van der Waals surface area (Å²) in [5, 5.41) is 8.94. The number of aromatic carboxylic acids is 1. The number of allylic oxidation sites excluding steroid dienone is 2. The van der Waals surface area contributed by atoms with Gasteiger partial charge in [-0.2, -0.15) is 0 Å². The monoisotopic (exact) mass is 278 g/mol. The minimum absolute atomic E-state index is 0.0608. The third-order valence-corrected chi connectivity index (χ3v) is 3.47. The Balaban J connectivity index is 2.28. The lowest BCUT2D eigenvalue weighted by atomic mass is 9.90. The van der Waals surface area contributed by atoms with E-state index in [0.717, 1.165) is 17.5 Å². The molecule has 2 aromatic carbocycles. The van der Waals surface area contributed by atoms with Gasteiger partial charge in [0.15, 0.2) is 0 Å². The van der Waals surface area contributed by atoms with Crippen LogP contribution in [0, 0.1) is 0 Å². The first-order chi connectivity index (χ1) is 10.2. The predicted molar refractivity (Wildman–Crippen MR) is 85.8 cm³/mol. The third kappa shape index (κ3) is 3.48. The molecule has 2 rings (SSSR count). The van der Waals surface area contributed by atoms with Crippen LogP contribution >= 0.6 is 0 Å². The summed E-state index contributed by atoms with van der Waals surface area (Å²) in [5.74, 6) is -0.851. The van der Waals surface area contributed by atoms with Crippen molar-refractivity contribution >= 4 is 5.97 Å². The quantitative estimate of drug-likeness (QED) is 0.794. The molecule has 0 radical (unpaired) electrons. The van der Waals surface area contributed by atoms with E-state index in [9.17, 15) is 4.79 Å². The van der Waals surface area contributed by atoms with Gasteiger partial charge in [-0.05, 0) is 35.2 Å². The fourth-order valence-corrected chi connectivity index (χ4v) is 2.33. The van der Waals surface area contributed by atoms with Crippen molar-refractivity contribution in [3.63, 3.8) is 0 Å². The molecule has 0 amide bonds. The van der Waals surface area contributed by atoms with Gasteiger partial charge in [-0.25, -0.2) is 4.79 Å². The average Bonchev–Trinajstić information content (AvgIpc) is 2.50. The van der Waals surface area contributed by atoms with Crippen molar-refractivity contribution in [1.29, 1.82) is 0 Å². The van der Waals surface area contributed by atoms with E-state index >= 15 is 0 Å². The second kappa shape index (κ2) is 6.71. The molecule has 2 aromatic rings. The highest BCUT2D eigenvalue weighted by Crippen LogP contribution is 2.26. The van der Waals surface area contributed by atoms with Crippen molar-refractivity contribution in [3.8, 4) is 0 Å². The first-order valence-electron chi connectivity index (χ1n) is 6.81. The van der Waals surface area contributed by atoms with Gasteiger partial charge in [0.25, 0.3) is 0 Å². The Morgan fingerprint density at radius 2 is 1.52 bits per heavy atom. The molecule has 21 heavy (non-hydrogen) atoms. The van der Waals surface area contributed by atoms with Crippen LogP contribution in [0.15, 0.2) is 73.8 Å². The molecule has 0 saturated carbocycles. The summed E-state index contributed by atoms with van der Waals surface area (Å²) in [5.41, 5.74) is 3.69. The summed E-state index contributed by atoms with van der Waals surface area (Å²) in [7, 11) is 0. The second-order valence-electron chi connectivity index (χ2n) is 4.87. The molecular weight excluding hydrogens is 260 g/mol. The van der Waals surface area contributed by atoms with Crippen LogP contribution in [0.1, 0.15) is 33.0 Å². The summed E-state index contributed by atoms with van der Waals surface area (Å²) in [4.78, 5) is 10.9. The molecule has 106 valence electrons. The number of hydrogen-bond donors (Lipinski definition) is 1. The van der Waals surface area contributed by atoms with Gasteiger partial charge in [-0.1, -0.05) is 48.6 Å². The van der Waals surface area contributed by atoms with E-state index in [1.54, 1.807) is 12.1 Å². The number of rotatable bonds is 6. The van der Waals surface area contributed by atoms with Crippen LogP contribution in [-0.2, 0) is 6.42 Å². The van der Waals surface area contributed by atoms with Gasteiger partial charge in [0.1, 0.15) is 0 Å². The number of carboxylic acids is 1. The Labute approximate surface area is 125 Å². The highest BCUT2D eigenvalue weighted by molar-refractivity contribution is 5.87. The maximum absolute atomic E-state index is 10.9. The zero-order chi connectivity index (χ0) is 15.2. The summed E-state index contributed by atoms with van der Waals surface area (Å²) in [6.45, 7) is 7.63. The minimum atomic E-state index is -0.912. The molecular formula is C19H18O2. The molecule has 0 saturated heterocycles. The summed E-state index contributed by atoms with van der Waals surface area (Å²) in [6.07, 6.45) is 4.61. The molecule has 0 aliphatic rings. The fraction of sp³-hybridized carbons (Fsp3) is 0.105. The van der Waals surface area contributed by atoms with Crippen LogP contribution in [0.2, 0.25) is 0 Å². The summed E-state index contributed by atoms with van der Waals surface area (Å²) in [6, 6.07) is 15.3. The molecule has 2 heteroatoms. The number of hydrogen-bond acceptors (Lipinski definition) is 1. The van der Waals surface area contributed by atoms with Crippen LogP contribution in [0.4, 0.5) is 0 Å². The lowest BCUT2D eigenvalue weighted by Crippen LogP contribution is -2.00. The molecule has 0 spiro atoms. The Hall–Kier alpha value is -2.61. The molecule has 0 fully saturated rings. The average molecular weight is 278 g/mol. The number of benzene rings is 2. The lowest BCUT2D eigenvalue weighted by Gasteiger charge is -2.14. The molecule has 0 bridgehead atoms. The van der Waals surface area contributed by atoms with Crippen LogP contribution in [0.25, 0.3) is 0 Å². The first-order valence-corrected chi connectivity index (χ1v) is 6.81. The molecule has 1 N–H and O–H groups in total. The van der Waals surface area contributed by atoms with Crippen LogP contribution in [-0.4, -0.2) is 11.1 Å². The topological polar surface area (TPSA) is 37.3 Å². The van der Waals surface area contributed by atoms with Crippen LogP contribution in [0.5, 0.6) is 0 Å². The second-order valence-corrected chi connectivity index (χ2v) is 4.87. The predicted octanol–water partition coefficient (Wildman–Crippen LogP) is 4.43. The fourth-order valence-electron chi connectivity index (χ4n) is 2.33. The van der Waals surface area contributed by atoms with E-state index in [2.05, 4.69) is 37.4 Å². The van der Waals surface area contributed by atoms with Gasteiger partial charge < -0.3 is 5.11 Å². The van der Waals surface area contributed by atoms with Gasteiger partial charge >= 0.3 is 5.97 Å². The molecule has 2 nitrogen and oxygen atoms in total. The largest absolute Gasteiger partial charge is 0.478 e. The molecule has 1 atom stereocenters. The van der Waals surface area contributed by atoms with E-state index in [4.69, 9.17) is 5.11 Å².